The first-order valence-corrected chi connectivity index (χ1v) is 7.58. The van der Waals surface area contributed by atoms with Crippen molar-refractivity contribution in [2.24, 2.45) is 0 Å². The van der Waals surface area contributed by atoms with Gasteiger partial charge in [-0.3, -0.25) is 4.90 Å². The SMILES string of the molecule is CN1CCOC(OC(=O)c2ccc(N3CCCC3)cc2)C1. The van der Waals surface area contributed by atoms with E-state index in [4.69, 9.17) is 9.47 Å². The van der Waals surface area contributed by atoms with Crippen LogP contribution in [0, 0.1) is 0 Å². The Labute approximate surface area is 125 Å². The zero-order chi connectivity index (χ0) is 14.7. The summed E-state index contributed by atoms with van der Waals surface area (Å²) in [5.74, 6) is -0.316. The first kappa shape index (κ1) is 14.4. The van der Waals surface area contributed by atoms with Gasteiger partial charge in [-0.25, -0.2) is 4.79 Å². The number of carbonyl (C=O) groups is 1. The van der Waals surface area contributed by atoms with E-state index in [-0.39, 0.29) is 5.97 Å². The summed E-state index contributed by atoms with van der Waals surface area (Å²) in [4.78, 5) is 16.6. The quantitative estimate of drug-likeness (QED) is 0.793. The molecule has 0 bridgehead atoms. The third-order valence-electron chi connectivity index (χ3n) is 4.05. The minimum atomic E-state index is -0.463. The van der Waals surface area contributed by atoms with E-state index >= 15 is 0 Å². The molecule has 0 radical (unpaired) electrons. The van der Waals surface area contributed by atoms with Crippen molar-refractivity contribution in [1.82, 2.24) is 4.90 Å². The Kier molecular flexibility index (Phi) is 4.41. The second-order valence-electron chi connectivity index (χ2n) is 5.71. The number of anilines is 1. The van der Waals surface area contributed by atoms with Gasteiger partial charge in [-0.05, 0) is 44.2 Å². The molecule has 0 spiro atoms. The van der Waals surface area contributed by atoms with E-state index in [1.165, 1.54) is 18.5 Å². The summed E-state index contributed by atoms with van der Waals surface area (Å²) < 4.78 is 10.8. The highest BCUT2D eigenvalue weighted by Crippen LogP contribution is 2.21. The summed E-state index contributed by atoms with van der Waals surface area (Å²) in [5.41, 5.74) is 1.76. The van der Waals surface area contributed by atoms with Gasteiger partial charge in [0.1, 0.15) is 0 Å². The monoisotopic (exact) mass is 290 g/mol. The van der Waals surface area contributed by atoms with Gasteiger partial charge in [0.05, 0.1) is 18.7 Å². The largest absolute Gasteiger partial charge is 0.431 e. The number of esters is 1. The molecule has 2 fully saturated rings. The van der Waals surface area contributed by atoms with Crippen LogP contribution in [0.15, 0.2) is 24.3 Å². The van der Waals surface area contributed by atoms with E-state index in [1.807, 2.05) is 31.3 Å². The number of benzene rings is 1. The Morgan fingerprint density at radius 3 is 2.57 bits per heavy atom. The fourth-order valence-electron chi connectivity index (χ4n) is 2.78. The number of hydrogen-bond acceptors (Lipinski definition) is 5. The number of ether oxygens (including phenoxy) is 2. The zero-order valence-corrected chi connectivity index (χ0v) is 12.5. The molecular formula is C16H22N2O3. The van der Waals surface area contributed by atoms with Crippen LogP contribution in [-0.4, -0.2) is 57.0 Å². The van der Waals surface area contributed by atoms with E-state index in [1.54, 1.807) is 0 Å². The summed E-state index contributed by atoms with van der Waals surface area (Å²) >= 11 is 0. The molecule has 0 aliphatic carbocycles. The van der Waals surface area contributed by atoms with E-state index in [0.717, 1.165) is 19.6 Å². The van der Waals surface area contributed by atoms with Crippen molar-refractivity contribution in [1.29, 1.82) is 0 Å². The average Bonchev–Trinajstić information content (AvgIpc) is 3.01. The van der Waals surface area contributed by atoms with Gasteiger partial charge in [0.15, 0.2) is 0 Å². The summed E-state index contributed by atoms with van der Waals surface area (Å²) in [6.07, 6.45) is 2.03. The van der Waals surface area contributed by atoms with Gasteiger partial charge in [0.2, 0.25) is 6.29 Å². The molecule has 21 heavy (non-hydrogen) atoms. The molecular weight excluding hydrogens is 268 g/mol. The highest BCUT2D eigenvalue weighted by atomic mass is 16.7. The Hall–Kier alpha value is -1.59. The first-order valence-electron chi connectivity index (χ1n) is 7.58. The van der Waals surface area contributed by atoms with Gasteiger partial charge in [0.25, 0.3) is 0 Å². The predicted molar refractivity (Wildman–Crippen MR) is 80.5 cm³/mol. The van der Waals surface area contributed by atoms with Crippen molar-refractivity contribution in [2.75, 3.05) is 44.7 Å². The van der Waals surface area contributed by atoms with Crippen molar-refractivity contribution in [2.45, 2.75) is 19.1 Å². The minimum Gasteiger partial charge on any atom is -0.431 e. The van der Waals surface area contributed by atoms with Gasteiger partial charge in [0, 0.05) is 25.3 Å². The van der Waals surface area contributed by atoms with E-state index in [2.05, 4.69) is 9.80 Å². The number of likely N-dealkylation sites (N-methyl/N-ethyl adjacent to an activating group) is 1. The normalized spacial score (nSPS) is 23.3. The lowest BCUT2D eigenvalue weighted by molar-refractivity contribution is -0.146. The van der Waals surface area contributed by atoms with E-state index < -0.39 is 6.29 Å². The Morgan fingerprint density at radius 2 is 1.90 bits per heavy atom. The van der Waals surface area contributed by atoms with Crippen molar-refractivity contribution in [3.05, 3.63) is 29.8 Å². The second-order valence-corrected chi connectivity index (χ2v) is 5.71. The lowest BCUT2D eigenvalue weighted by atomic mass is 10.2. The highest BCUT2D eigenvalue weighted by Gasteiger charge is 2.22. The third kappa shape index (κ3) is 3.54. The summed E-state index contributed by atoms with van der Waals surface area (Å²) in [6.45, 7) is 4.30. The topological polar surface area (TPSA) is 42.0 Å². The highest BCUT2D eigenvalue weighted by molar-refractivity contribution is 5.89. The van der Waals surface area contributed by atoms with E-state index in [0.29, 0.717) is 18.7 Å². The van der Waals surface area contributed by atoms with Crippen LogP contribution in [0.25, 0.3) is 0 Å². The molecule has 2 aliphatic rings. The summed E-state index contributed by atoms with van der Waals surface area (Å²) in [5, 5.41) is 0. The summed E-state index contributed by atoms with van der Waals surface area (Å²) in [7, 11) is 1.99. The molecule has 5 heteroatoms. The van der Waals surface area contributed by atoms with Gasteiger partial charge in [-0.2, -0.15) is 0 Å². The molecule has 1 unspecified atom stereocenters. The van der Waals surface area contributed by atoms with Crippen molar-refractivity contribution in [3.63, 3.8) is 0 Å². The van der Waals surface area contributed by atoms with Gasteiger partial charge in [-0.15, -0.1) is 0 Å². The fourth-order valence-corrected chi connectivity index (χ4v) is 2.78. The van der Waals surface area contributed by atoms with Crippen LogP contribution in [0.1, 0.15) is 23.2 Å². The average molecular weight is 290 g/mol. The maximum Gasteiger partial charge on any atom is 0.340 e. The maximum atomic E-state index is 12.1. The van der Waals surface area contributed by atoms with Crippen molar-refractivity contribution >= 4 is 11.7 Å². The Bertz CT molecular complexity index is 483. The minimum absolute atomic E-state index is 0.316. The number of morpholine rings is 1. The predicted octanol–water partition coefficient (Wildman–Crippen LogP) is 1.73. The number of nitrogens with zero attached hydrogens (tertiary/aromatic N) is 2. The molecule has 2 aliphatic heterocycles. The second kappa shape index (κ2) is 6.45. The number of rotatable bonds is 3. The molecule has 0 saturated carbocycles. The molecule has 2 saturated heterocycles. The molecule has 0 aromatic heterocycles. The molecule has 1 aromatic rings. The standard InChI is InChI=1S/C16H22N2O3/c1-17-10-11-20-15(12-17)21-16(19)13-4-6-14(7-5-13)18-8-2-3-9-18/h4-7,15H,2-3,8-12H2,1H3. The Balaban J connectivity index is 1.59. The van der Waals surface area contributed by atoms with Gasteiger partial charge < -0.3 is 14.4 Å². The van der Waals surface area contributed by atoms with Crippen LogP contribution in [0.2, 0.25) is 0 Å². The lowest BCUT2D eigenvalue weighted by Crippen LogP contribution is -2.42. The molecule has 0 amide bonds. The van der Waals surface area contributed by atoms with Crippen LogP contribution in [0.5, 0.6) is 0 Å². The molecule has 1 atom stereocenters. The molecule has 5 nitrogen and oxygen atoms in total. The van der Waals surface area contributed by atoms with Crippen LogP contribution < -0.4 is 4.90 Å². The lowest BCUT2D eigenvalue weighted by Gasteiger charge is -2.29. The fraction of sp³-hybridized carbons (Fsp3) is 0.562. The number of hydrogen-bond donors (Lipinski definition) is 0. The Morgan fingerprint density at radius 1 is 1.19 bits per heavy atom. The molecule has 2 heterocycles. The third-order valence-corrected chi connectivity index (χ3v) is 4.05. The molecule has 114 valence electrons. The molecule has 1 aromatic carbocycles. The summed E-state index contributed by atoms with van der Waals surface area (Å²) in [6, 6.07) is 7.66. The van der Waals surface area contributed by atoms with Crippen LogP contribution >= 0.6 is 0 Å². The van der Waals surface area contributed by atoms with Crippen LogP contribution in [-0.2, 0) is 9.47 Å². The van der Waals surface area contributed by atoms with Gasteiger partial charge in [-0.1, -0.05) is 0 Å². The van der Waals surface area contributed by atoms with E-state index in [9.17, 15) is 4.79 Å². The smallest absolute Gasteiger partial charge is 0.340 e. The maximum absolute atomic E-state index is 12.1. The van der Waals surface area contributed by atoms with Crippen LogP contribution in [0.3, 0.4) is 0 Å². The van der Waals surface area contributed by atoms with Gasteiger partial charge >= 0.3 is 5.97 Å². The molecule has 0 N–H and O–H groups in total. The van der Waals surface area contributed by atoms with Crippen LogP contribution in [0.4, 0.5) is 5.69 Å². The molecule has 3 rings (SSSR count). The first-order chi connectivity index (χ1) is 10.2. The zero-order valence-electron chi connectivity index (χ0n) is 12.5. The van der Waals surface area contributed by atoms with Crippen molar-refractivity contribution < 1.29 is 14.3 Å². The van der Waals surface area contributed by atoms with Crippen molar-refractivity contribution in [3.8, 4) is 0 Å². The number of carbonyl (C=O) groups excluding carboxylic acids is 1.